The fourth-order valence-electron chi connectivity index (χ4n) is 3.61. The first-order valence-electron chi connectivity index (χ1n) is 9.38. The van der Waals surface area contributed by atoms with Gasteiger partial charge in [0.25, 0.3) is 0 Å². The first-order valence-corrected chi connectivity index (χ1v) is 10.5. The van der Waals surface area contributed by atoms with Crippen LogP contribution in [0.25, 0.3) is 5.70 Å². The summed E-state index contributed by atoms with van der Waals surface area (Å²) in [6.07, 6.45) is 0. The topological polar surface area (TPSA) is 32.3 Å². The third-order valence-electron chi connectivity index (χ3n) is 4.95. The molecule has 0 bridgehead atoms. The number of ketones is 1. The van der Waals surface area contributed by atoms with Crippen LogP contribution in [0, 0.1) is 0 Å². The molecule has 4 rings (SSSR count). The van der Waals surface area contributed by atoms with Gasteiger partial charge in [0.1, 0.15) is 0 Å². The molecule has 0 spiro atoms. The van der Waals surface area contributed by atoms with E-state index in [0.29, 0.717) is 20.7 Å². The summed E-state index contributed by atoms with van der Waals surface area (Å²) in [7, 11) is 0. The van der Waals surface area contributed by atoms with Gasteiger partial charge in [-0.15, -0.1) is 0 Å². The van der Waals surface area contributed by atoms with Crippen molar-refractivity contribution in [3.63, 3.8) is 0 Å². The van der Waals surface area contributed by atoms with E-state index in [2.05, 4.69) is 5.32 Å². The lowest BCUT2D eigenvalue weighted by molar-refractivity contribution is -0.113. The Bertz CT molecular complexity index is 1130. The lowest BCUT2D eigenvalue weighted by Gasteiger charge is -2.39. The molecular formula is C24H18Cl2N2OS. The van der Waals surface area contributed by atoms with Crippen molar-refractivity contribution in [3.8, 4) is 0 Å². The van der Waals surface area contributed by atoms with Gasteiger partial charge in [0.2, 0.25) is 0 Å². The molecule has 0 amide bonds. The van der Waals surface area contributed by atoms with E-state index in [4.69, 9.17) is 35.4 Å². The lowest BCUT2D eigenvalue weighted by Crippen LogP contribution is -2.47. The summed E-state index contributed by atoms with van der Waals surface area (Å²) in [5.74, 6) is -0.0455. The zero-order valence-corrected chi connectivity index (χ0v) is 18.4. The average Bonchev–Trinajstić information content (AvgIpc) is 2.74. The Morgan fingerprint density at radius 2 is 1.47 bits per heavy atom. The summed E-state index contributed by atoms with van der Waals surface area (Å²) in [6, 6.07) is 24.2. The molecule has 0 saturated carbocycles. The number of hydrogen-bond donors (Lipinski definition) is 1. The minimum absolute atomic E-state index is 0.0455. The second kappa shape index (κ2) is 8.60. The Labute approximate surface area is 190 Å². The Balaban J connectivity index is 1.99. The molecule has 3 aromatic rings. The lowest BCUT2D eigenvalue weighted by atomic mass is 9.89. The fourth-order valence-corrected chi connectivity index (χ4v) is 4.18. The van der Waals surface area contributed by atoms with Crippen LogP contribution in [-0.2, 0) is 4.79 Å². The van der Waals surface area contributed by atoms with E-state index in [9.17, 15) is 4.79 Å². The third-order valence-corrected chi connectivity index (χ3v) is 5.76. The Morgan fingerprint density at radius 1 is 0.900 bits per heavy atom. The van der Waals surface area contributed by atoms with Crippen molar-refractivity contribution in [2.75, 3.05) is 4.90 Å². The van der Waals surface area contributed by atoms with Gasteiger partial charge in [-0.05, 0) is 66.7 Å². The Kier molecular flexibility index (Phi) is 5.91. The molecule has 0 aromatic heterocycles. The summed E-state index contributed by atoms with van der Waals surface area (Å²) in [6.45, 7) is 1.58. The molecule has 6 heteroatoms. The molecule has 0 fully saturated rings. The standard InChI is InChI=1S/C24H18Cl2N2OS/c1-15(29)21-22(16-7-11-18(25)12-8-16)27-24(30)28(20-5-3-2-4-6-20)23(21)17-9-13-19(26)14-10-17/h2-14,22H,1H3,(H,27,30)/t22-/m0/s1. The molecule has 1 heterocycles. The van der Waals surface area contributed by atoms with Gasteiger partial charge in [-0.2, -0.15) is 0 Å². The number of nitrogens with zero attached hydrogens (tertiary/aromatic N) is 1. The number of carbonyl (C=O) groups is 1. The number of para-hydroxylation sites is 1. The van der Waals surface area contributed by atoms with Gasteiger partial charge in [0.15, 0.2) is 10.9 Å². The van der Waals surface area contributed by atoms with Gasteiger partial charge in [-0.25, -0.2) is 0 Å². The largest absolute Gasteiger partial charge is 0.351 e. The predicted molar refractivity (Wildman–Crippen MR) is 128 cm³/mol. The SMILES string of the molecule is CC(=O)C1=C(c2ccc(Cl)cc2)N(c2ccccc2)C(=S)N[C@H]1c1ccc(Cl)cc1. The van der Waals surface area contributed by atoms with Crippen molar-refractivity contribution in [2.24, 2.45) is 0 Å². The summed E-state index contributed by atoms with van der Waals surface area (Å²) < 4.78 is 0. The van der Waals surface area contributed by atoms with Crippen molar-refractivity contribution in [3.05, 3.63) is 106 Å². The number of hydrogen-bond acceptors (Lipinski definition) is 2. The smallest absolute Gasteiger partial charge is 0.178 e. The predicted octanol–water partition coefficient (Wildman–Crippen LogP) is 6.43. The van der Waals surface area contributed by atoms with Crippen LogP contribution in [0.4, 0.5) is 5.69 Å². The molecule has 0 radical (unpaired) electrons. The minimum Gasteiger partial charge on any atom is -0.351 e. The van der Waals surface area contributed by atoms with Crippen molar-refractivity contribution in [2.45, 2.75) is 13.0 Å². The average molecular weight is 453 g/mol. The van der Waals surface area contributed by atoms with Crippen LogP contribution in [-0.4, -0.2) is 10.9 Å². The van der Waals surface area contributed by atoms with Crippen molar-refractivity contribution >= 4 is 57.7 Å². The first kappa shape index (κ1) is 20.6. The molecule has 3 aromatic carbocycles. The van der Waals surface area contributed by atoms with Gasteiger partial charge >= 0.3 is 0 Å². The number of halogens is 2. The molecule has 1 aliphatic rings. The van der Waals surface area contributed by atoms with Crippen LogP contribution < -0.4 is 10.2 Å². The zero-order valence-electron chi connectivity index (χ0n) is 16.1. The second-order valence-electron chi connectivity index (χ2n) is 6.93. The first-order chi connectivity index (χ1) is 14.5. The van der Waals surface area contributed by atoms with Gasteiger partial charge in [-0.1, -0.05) is 65.7 Å². The van der Waals surface area contributed by atoms with E-state index >= 15 is 0 Å². The van der Waals surface area contributed by atoms with E-state index in [0.717, 1.165) is 22.5 Å². The van der Waals surface area contributed by atoms with Crippen LogP contribution in [0.3, 0.4) is 0 Å². The highest BCUT2D eigenvalue weighted by atomic mass is 35.5. The molecule has 3 nitrogen and oxygen atoms in total. The van der Waals surface area contributed by atoms with Gasteiger partial charge in [0.05, 0.1) is 11.7 Å². The highest BCUT2D eigenvalue weighted by Gasteiger charge is 2.35. The van der Waals surface area contributed by atoms with Gasteiger partial charge in [0, 0.05) is 21.3 Å². The van der Waals surface area contributed by atoms with Crippen LogP contribution in [0.5, 0.6) is 0 Å². The number of nitrogens with one attached hydrogen (secondary N) is 1. The van der Waals surface area contributed by atoms with Gasteiger partial charge in [-0.3, -0.25) is 9.69 Å². The molecule has 1 N–H and O–H groups in total. The van der Waals surface area contributed by atoms with Gasteiger partial charge < -0.3 is 5.32 Å². The number of thiocarbonyl (C=S) groups is 1. The number of carbonyl (C=O) groups excluding carboxylic acids is 1. The number of rotatable bonds is 4. The normalized spacial score (nSPS) is 16.4. The summed E-state index contributed by atoms with van der Waals surface area (Å²) >= 11 is 18.0. The molecule has 0 saturated heterocycles. The van der Waals surface area contributed by atoms with Crippen molar-refractivity contribution < 1.29 is 4.79 Å². The maximum Gasteiger partial charge on any atom is 0.178 e. The molecule has 0 unspecified atom stereocenters. The van der Waals surface area contributed by atoms with E-state index in [1.807, 2.05) is 83.8 Å². The highest BCUT2D eigenvalue weighted by molar-refractivity contribution is 7.80. The quantitative estimate of drug-likeness (QED) is 0.462. The van der Waals surface area contributed by atoms with E-state index < -0.39 is 6.04 Å². The minimum atomic E-state index is -0.391. The molecule has 0 aliphatic carbocycles. The molecule has 1 atom stereocenters. The Hall–Kier alpha value is -2.66. The number of benzene rings is 3. The van der Waals surface area contributed by atoms with Crippen LogP contribution in [0.15, 0.2) is 84.4 Å². The summed E-state index contributed by atoms with van der Waals surface area (Å²) in [5.41, 5.74) is 4.00. The number of anilines is 1. The maximum atomic E-state index is 13.0. The summed E-state index contributed by atoms with van der Waals surface area (Å²) in [4.78, 5) is 14.9. The van der Waals surface area contributed by atoms with E-state index in [-0.39, 0.29) is 5.78 Å². The summed E-state index contributed by atoms with van der Waals surface area (Å²) in [5, 5.41) is 5.12. The Morgan fingerprint density at radius 3 is 2.03 bits per heavy atom. The monoisotopic (exact) mass is 452 g/mol. The van der Waals surface area contributed by atoms with Crippen molar-refractivity contribution in [1.29, 1.82) is 0 Å². The fraction of sp³-hybridized carbons (Fsp3) is 0.0833. The van der Waals surface area contributed by atoms with Crippen LogP contribution in [0.1, 0.15) is 24.1 Å². The molecule has 1 aliphatic heterocycles. The van der Waals surface area contributed by atoms with Crippen LogP contribution in [0.2, 0.25) is 10.0 Å². The highest BCUT2D eigenvalue weighted by Crippen LogP contribution is 2.39. The van der Waals surface area contributed by atoms with E-state index in [1.54, 1.807) is 6.92 Å². The molecular weight excluding hydrogens is 435 g/mol. The number of Topliss-reactive ketones (excluding diaryl/α,β-unsaturated/α-hetero) is 1. The molecule has 150 valence electrons. The van der Waals surface area contributed by atoms with Crippen LogP contribution >= 0.6 is 35.4 Å². The molecule has 30 heavy (non-hydrogen) atoms. The second-order valence-corrected chi connectivity index (χ2v) is 8.19. The maximum absolute atomic E-state index is 13.0. The third kappa shape index (κ3) is 3.99. The zero-order chi connectivity index (χ0) is 21.3. The van der Waals surface area contributed by atoms with E-state index in [1.165, 1.54) is 0 Å². The van der Waals surface area contributed by atoms with Crippen molar-refractivity contribution in [1.82, 2.24) is 5.32 Å².